The Labute approximate surface area is 378 Å². The molecule has 0 spiro atoms. The van der Waals surface area contributed by atoms with Gasteiger partial charge in [-0.05, 0) is 115 Å². The molecule has 14 aromatic rings. The Morgan fingerprint density at radius 3 is 1.58 bits per heavy atom. The van der Waals surface area contributed by atoms with Crippen LogP contribution in [0.4, 0.5) is 0 Å². The normalized spacial score (nSPS) is 11.9. The van der Waals surface area contributed by atoms with Gasteiger partial charge in [0.05, 0.1) is 11.0 Å². The molecule has 11 aromatic carbocycles. The van der Waals surface area contributed by atoms with Crippen molar-refractivity contribution in [2.24, 2.45) is 0 Å². The van der Waals surface area contributed by atoms with Gasteiger partial charge in [-0.1, -0.05) is 158 Å². The Morgan fingerprint density at radius 1 is 0.303 bits per heavy atom. The maximum Gasteiger partial charge on any atom is 0.164 e. The molecule has 306 valence electrons. The monoisotopic (exact) mass is 840 g/mol. The van der Waals surface area contributed by atoms with Crippen molar-refractivity contribution >= 4 is 86.8 Å². The van der Waals surface area contributed by atoms with Gasteiger partial charge in [0.15, 0.2) is 17.5 Å². The van der Waals surface area contributed by atoms with Crippen molar-refractivity contribution in [3.8, 4) is 51.0 Å². The highest BCUT2D eigenvalue weighted by molar-refractivity contribution is 6.23. The summed E-state index contributed by atoms with van der Waals surface area (Å²) in [5.41, 5.74) is 9.89. The molecule has 14 rings (SSSR count). The average molecular weight is 841 g/mol. The first kappa shape index (κ1) is 36.5. The van der Waals surface area contributed by atoms with Crippen LogP contribution >= 0.6 is 0 Å². The van der Waals surface area contributed by atoms with Gasteiger partial charge >= 0.3 is 0 Å². The molecule has 0 bridgehead atoms. The molecule has 0 aliphatic carbocycles. The molecule has 0 N–H and O–H groups in total. The van der Waals surface area contributed by atoms with Crippen LogP contribution in [-0.2, 0) is 0 Å². The summed E-state index contributed by atoms with van der Waals surface area (Å²) in [7, 11) is 0. The van der Waals surface area contributed by atoms with Gasteiger partial charge in [0.1, 0.15) is 11.2 Å². The minimum atomic E-state index is 0.572. The van der Waals surface area contributed by atoms with E-state index in [1.807, 2.05) is 18.2 Å². The van der Waals surface area contributed by atoms with Crippen LogP contribution in [-0.4, -0.2) is 19.5 Å². The van der Waals surface area contributed by atoms with E-state index in [1.165, 1.54) is 32.3 Å². The highest BCUT2D eigenvalue weighted by Gasteiger charge is 2.22. The van der Waals surface area contributed by atoms with E-state index in [0.717, 1.165) is 88.0 Å². The number of fused-ring (bicyclic) bond motifs is 11. The van der Waals surface area contributed by atoms with Crippen LogP contribution < -0.4 is 0 Å². The summed E-state index contributed by atoms with van der Waals surface area (Å²) in [6.45, 7) is 0. The highest BCUT2D eigenvalue weighted by Crippen LogP contribution is 2.43. The summed E-state index contributed by atoms with van der Waals surface area (Å²) in [4.78, 5) is 15.9. The molecule has 3 heterocycles. The molecule has 66 heavy (non-hydrogen) atoms. The lowest BCUT2D eigenvalue weighted by Crippen LogP contribution is -2.01. The van der Waals surface area contributed by atoms with E-state index >= 15 is 0 Å². The van der Waals surface area contributed by atoms with E-state index in [9.17, 15) is 0 Å². The minimum Gasteiger partial charge on any atom is -0.456 e. The predicted octanol–water partition coefficient (Wildman–Crippen LogP) is 16.1. The van der Waals surface area contributed by atoms with Crippen molar-refractivity contribution < 1.29 is 4.42 Å². The van der Waals surface area contributed by atoms with Gasteiger partial charge in [-0.25, -0.2) is 15.0 Å². The lowest BCUT2D eigenvalue weighted by molar-refractivity contribution is 0.669. The Kier molecular flexibility index (Phi) is 7.91. The average Bonchev–Trinajstić information content (AvgIpc) is 3.91. The maximum absolute atomic E-state index is 6.75. The zero-order valence-electron chi connectivity index (χ0n) is 35.5. The van der Waals surface area contributed by atoms with Crippen LogP contribution in [0.15, 0.2) is 223 Å². The Bertz CT molecular complexity index is 4200. The van der Waals surface area contributed by atoms with Crippen LogP contribution in [0.5, 0.6) is 0 Å². The third-order valence-corrected chi connectivity index (χ3v) is 13.3. The van der Waals surface area contributed by atoms with E-state index in [4.69, 9.17) is 19.4 Å². The summed E-state index contributed by atoms with van der Waals surface area (Å²) in [6, 6.07) is 77.6. The summed E-state index contributed by atoms with van der Waals surface area (Å²) < 4.78 is 9.19. The molecule has 0 radical (unpaired) electrons. The Balaban J connectivity index is 1.05. The summed E-state index contributed by atoms with van der Waals surface area (Å²) >= 11 is 0. The summed E-state index contributed by atoms with van der Waals surface area (Å²) in [5.74, 6) is 1.77. The largest absolute Gasteiger partial charge is 0.456 e. The molecule has 0 aliphatic heterocycles. The number of benzene rings is 11. The standard InChI is InChI=1S/C61H36N4O/c1-2-13-37(14-3-1)40-21-12-22-45(29-40)59-62-60(46-26-25-38-15-4-5-16-39(38)30-46)64-61(63-59)53-36-57-58(49-23-10-11-24-56(49)66-57)52-35-47(27-28-48(52)53)65-54-33-43-19-8-6-17-41(43)31-50(54)51-32-42-18-7-9-20-44(42)34-55(51)65/h1-36H. The number of rotatable bonds is 5. The van der Waals surface area contributed by atoms with Gasteiger partial charge in [-0.2, -0.15) is 0 Å². The van der Waals surface area contributed by atoms with Gasteiger partial charge in [0.25, 0.3) is 0 Å². The van der Waals surface area contributed by atoms with Crippen molar-refractivity contribution in [2.75, 3.05) is 0 Å². The van der Waals surface area contributed by atoms with Gasteiger partial charge in [-0.15, -0.1) is 0 Å². The number of hydrogen-bond acceptors (Lipinski definition) is 4. The van der Waals surface area contributed by atoms with E-state index in [0.29, 0.717) is 17.5 Å². The molecule has 0 fully saturated rings. The molecule has 3 aromatic heterocycles. The van der Waals surface area contributed by atoms with E-state index in [-0.39, 0.29) is 0 Å². The first-order valence-corrected chi connectivity index (χ1v) is 22.3. The van der Waals surface area contributed by atoms with Crippen molar-refractivity contribution in [1.29, 1.82) is 0 Å². The van der Waals surface area contributed by atoms with E-state index < -0.39 is 0 Å². The molecule has 5 nitrogen and oxygen atoms in total. The second-order valence-corrected chi connectivity index (χ2v) is 17.2. The second-order valence-electron chi connectivity index (χ2n) is 17.2. The molecule has 0 saturated heterocycles. The molecule has 5 heteroatoms. The van der Waals surface area contributed by atoms with Crippen molar-refractivity contribution in [2.45, 2.75) is 0 Å². The van der Waals surface area contributed by atoms with Crippen molar-refractivity contribution in [3.63, 3.8) is 0 Å². The molecule has 0 atom stereocenters. The van der Waals surface area contributed by atoms with Crippen LogP contribution in [0.2, 0.25) is 0 Å². The third-order valence-electron chi connectivity index (χ3n) is 13.3. The fourth-order valence-corrected chi connectivity index (χ4v) is 10.2. The van der Waals surface area contributed by atoms with Crippen molar-refractivity contribution in [3.05, 3.63) is 218 Å². The van der Waals surface area contributed by atoms with Crippen LogP contribution in [0.3, 0.4) is 0 Å². The minimum absolute atomic E-state index is 0.572. The number of nitrogens with zero attached hydrogens (tertiary/aromatic N) is 4. The van der Waals surface area contributed by atoms with Gasteiger partial charge in [0.2, 0.25) is 0 Å². The SMILES string of the molecule is c1ccc(-c2cccc(-c3nc(-c4ccc5ccccc5c4)nc(-c4cc5oc6ccccc6c5c5cc(-n6c7cc8ccccc8cc7c7cc8ccccc8cc76)ccc45)n3)c2)cc1. The molecule has 0 aliphatic rings. The fourth-order valence-electron chi connectivity index (χ4n) is 10.2. The number of para-hydroxylation sites is 1. The van der Waals surface area contributed by atoms with E-state index in [1.54, 1.807) is 0 Å². The zero-order chi connectivity index (χ0) is 43.3. The molecule has 0 amide bonds. The topological polar surface area (TPSA) is 56.7 Å². The Hall–Kier alpha value is -8.93. The van der Waals surface area contributed by atoms with Crippen LogP contribution in [0.1, 0.15) is 0 Å². The smallest absolute Gasteiger partial charge is 0.164 e. The Morgan fingerprint density at radius 2 is 0.864 bits per heavy atom. The number of hydrogen-bond donors (Lipinski definition) is 0. The first-order chi connectivity index (χ1) is 32.7. The summed E-state index contributed by atoms with van der Waals surface area (Å²) in [6.07, 6.45) is 0. The van der Waals surface area contributed by atoms with Gasteiger partial charge in [-0.3, -0.25) is 0 Å². The first-order valence-electron chi connectivity index (χ1n) is 22.3. The lowest BCUT2D eigenvalue weighted by Gasteiger charge is -2.14. The maximum atomic E-state index is 6.75. The summed E-state index contributed by atoms with van der Waals surface area (Å²) in [5, 5.41) is 13.8. The third kappa shape index (κ3) is 5.77. The van der Waals surface area contributed by atoms with Crippen LogP contribution in [0.25, 0.3) is 138 Å². The quantitative estimate of drug-likeness (QED) is 0.173. The molecule has 0 unspecified atom stereocenters. The molecular formula is C61H36N4O. The molecule has 0 saturated carbocycles. The van der Waals surface area contributed by atoms with E-state index in [2.05, 4.69) is 205 Å². The molecular weight excluding hydrogens is 805 g/mol. The van der Waals surface area contributed by atoms with Gasteiger partial charge in [0, 0.05) is 43.9 Å². The van der Waals surface area contributed by atoms with Crippen molar-refractivity contribution in [1.82, 2.24) is 19.5 Å². The number of aromatic nitrogens is 4. The van der Waals surface area contributed by atoms with Crippen LogP contribution in [0, 0.1) is 0 Å². The second kappa shape index (κ2) is 14.3. The fraction of sp³-hybridized carbons (Fsp3) is 0. The highest BCUT2D eigenvalue weighted by atomic mass is 16.3. The van der Waals surface area contributed by atoms with Gasteiger partial charge < -0.3 is 8.98 Å². The zero-order valence-corrected chi connectivity index (χ0v) is 35.5. The number of furan rings is 1. The predicted molar refractivity (Wildman–Crippen MR) is 273 cm³/mol. The lowest BCUT2D eigenvalue weighted by atomic mass is 9.97.